The fraction of sp³-hybridized carbons (Fsp3) is 0.429. The molecule has 0 amide bonds. The van der Waals surface area contributed by atoms with Gasteiger partial charge in [0.25, 0.3) is 0 Å². The highest BCUT2D eigenvalue weighted by Crippen LogP contribution is 2.37. The number of hydrogen-bond donors (Lipinski definition) is 1. The van der Waals surface area contributed by atoms with Gasteiger partial charge in [-0.15, -0.1) is 12.4 Å². The van der Waals surface area contributed by atoms with E-state index in [1.807, 2.05) is 0 Å². The molecule has 0 spiro atoms. The summed E-state index contributed by atoms with van der Waals surface area (Å²) in [5.74, 6) is 0.886. The molecule has 2 aliphatic rings. The summed E-state index contributed by atoms with van der Waals surface area (Å²) >= 11 is 0. The monoisotopic (exact) mass is 343 g/mol. The van der Waals surface area contributed by atoms with Gasteiger partial charge in [0.1, 0.15) is 5.60 Å². The summed E-state index contributed by atoms with van der Waals surface area (Å²) in [6, 6.07) is 19.0. The molecule has 1 heterocycles. The third-order valence-electron chi connectivity index (χ3n) is 5.30. The Morgan fingerprint density at radius 1 is 1.00 bits per heavy atom. The summed E-state index contributed by atoms with van der Waals surface area (Å²) in [4.78, 5) is 2.46. The second-order valence-corrected chi connectivity index (χ2v) is 7.28. The fourth-order valence-corrected chi connectivity index (χ4v) is 3.86. The predicted molar refractivity (Wildman–Crippen MR) is 101 cm³/mol. The topological polar surface area (TPSA) is 23.5 Å². The average molecular weight is 344 g/mol. The number of benzene rings is 2. The van der Waals surface area contributed by atoms with Crippen molar-refractivity contribution in [3.63, 3.8) is 0 Å². The molecule has 1 aliphatic carbocycles. The molecule has 128 valence electrons. The second-order valence-electron chi connectivity index (χ2n) is 7.28. The van der Waals surface area contributed by atoms with Gasteiger partial charge in [-0.1, -0.05) is 54.6 Å². The Morgan fingerprint density at radius 2 is 1.71 bits per heavy atom. The van der Waals surface area contributed by atoms with E-state index in [9.17, 15) is 5.11 Å². The van der Waals surface area contributed by atoms with E-state index in [0.29, 0.717) is 0 Å². The molecular formula is C21H26ClNO. The molecule has 1 aliphatic heterocycles. The van der Waals surface area contributed by atoms with Crippen LogP contribution in [0.25, 0.3) is 0 Å². The summed E-state index contributed by atoms with van der Waals surface area (Å²) in [5, 5.41) is 11.3. The zero-order valence-corrected chi connectivity index (χ0v) is 14.8. The van der Waals surface area contributed by atoms with Crippen molar-refractivity contribution in [3.8, 4) is 0 Å². The molecule has 4 rings (SSSR count). The molecule has 2 aromatic rings. The Kier molecular flexibility index (Phi) is 5.29. The van der Waals surface area contributed by atoms with Gasteiger partial charge in [-0.3, -0.25) is 4.90 Å². The number of hydrogen-bond acceptors (Lipinski definition) is 2. The maximum atomic E-state index is 11.3. The van der Waals surface area contributed by atoms with E-state index >= 15 is 0 Å². The molecule has 1 saturated heterocycles. The standard InChI is InChI=1S/C21H25NO.ClH/c23-21(12-13-22(16-21)15-18-10-11-18)20-9-5-4-8-19(20)14-17-6-2-1-3-7-17;/h1-9,18,23H,10-16H2;1H. The van der Waals surface area contributed by atoms with Crippen LogP contribution in [0.5, 0.6) is 0 Å². The van der Waals surface area contributed by atoms with Crippen molar-refractivity contribution in [2.75, 3.05) is 19.6 Å². The van der Waals surface area contributed by atoms with Gasteiger partial charge in [-0.25, -0.2) is 0 Å². The zero-order valence-electron chi connectivity index (χ0n) is 14.0. The van der Waals surface area contributed by atoms with Crippen molar-refractivity contribution in [1.82, 2.24) is 4.90 Å². The first-order valence-corrected chi connectivity index (χ1v) is 8.80. The van der Waals surface area contributed by atoms with Gasteiger partial charge < -0.3 is 5.11 Å². The Bertz CT molecular complexity index is 671. The van der Waals surface area contributed by atoms with Crippen LogP contribution in [-0.2, 0) is 12.0 Å². The Hall–Kier alpha value is -1.35. The van der Waals surface area contributed by atoms with Crippen LogP contribution in [0, 0.1) is 5.92 Å². The van der Waals surface area contributed by atoms with Gasteiger partial charge >= 0.3 is 0 Å². The lowest BCUT2D eigenvalue weighted by molar-refractivity contribution is 0.0449. The van der Waals surface area contributed by atoms with Crippen LogP contribution in [0.4, 0.5) is 0 Å². The van der Waals surface area contributed by atoms with Crippen molar-refractivity contribution in [2.24, 2.45) is 5.92 Å². The molecular weight excluding hydrogens is 318 g/mol. The van der Waals surface area contributed by atoms with Gasteiger partial charge in [0.2, 0.25) is 0 Å². The number of β-amino-alcohol motifs (C(OH)–C–C–N with tert-alkyl or cyclic N) is 1. The highest BCUT2D eigenvalue weighted by atomic mass is 35.5. The number of likely N-dealkylation sites (tertiary alicyclic amines) is 1. The lowest BCUT2D eigenvalue weighted by atomic mass is 9.87. The number of aliphatic hydroxyl groups is 1. The minimum atomic E-state index is -0.680. The summed E-state index contributed by atoms with van der Waals surface area (Å²) in [5.41, 5.74) is 3.01. The van der Waals surface area contributed by atoms with E-state index in [2.05, 4.69) is 59.5 Å². The summed E-state index contributed by atoms with van der Waals surface area (Å²) < 4.78 is 0. The number of halogens is 1. The van der Waals surface area contributed by atoms with Gasteiger partial charge in [-0.2, -0.15) is 0 Å². The maximum absolute atomic E-state index is 11.3. The first-order chi connectivity index (χ1) is 11.2. The van der Waals surface area contributed by atoms with Crippen molar-refractivity contribution in [2.45, 2.75) is 31.3 Å². The molecule has 2 fully saturated rings. The highest BCUT2D eigenvalue weighted by molar-refractivity contribution is 5.85. The second kappa shape index (κ2) is 7.26. The third-order valence-corrected chi connectivity index (χ3v) is 5.30. The van der Waals surface area contributed by atoms with Crippen molar-refractivity contribution < 1.29 is 5.11 Å². The van der Waals surface area contributed by atoms with E-state index < -0.39 is 5.60 Å². The lowest BCUT2D eigenvalue weighted by Crippen LogP contribution is -2.32. The van der Waals surface area contributed by atoms with Crippen LogP contribution in [0.1, 0.15) is 36.0 Å². The first-order valence-electron chi connectivity index (χ1n) is 8.80. The molecule has 1 N–H and O–H groups in total. The van der Waals surface area contributed by atoms with Gasteiger partial charge in [-0.05, 0) is 48.3 Å². The fourth-order valence-electron chi connectivity index (χ4n) is 3.86. The van der Waals surface area contributed by atoms with Crippen molar-refractivity contribution in [1.29, 1.82) is 0 Å². The van der Waals surface area contributed by atoms with E-state index in [-0.39, 0.29) is 12.4 Å². The molecule has 0 radical (unpaired) electrons. The molecule has 24 heavy (non-hydrogen) atoms. The van der Waals surface area contributed by atoms with Gasteiger partial charge in [0.15, 0.2) is 0 Å². The largest absolute Gasteiger partial charge is 0.384 e. The molecule has 3 heteroatoms. The van der Waals surface area contributed by atoms with Gasteiger partial charge in [0.05, 0.1) is 0 Å². The Balaban J connectivity index is 0.00000169. The molecule has 1 unspecified atom stereocenters. The van der Waals surface area contributed by atoms with E-state index in [1.54, 1.807) is 0 Å². The number of nitrogens with zero attached hydrogens (tertiary/aromatic N) is 1. The quantitative estimate of drug-likeness (QED) is 0.886. The predicted octanol–water partition coefficient (Wildman–Crippen LogP) is 4.00. The molecule has 0 bridgehead atoms. The maximum Gasteiger partial charge on any atom is 0.104 e. The summed E-state index contributed by atoms with van der Waals surface area (Å²) in [7, 11) is 0. The molecule has 1 atom stereocenters. The number of rotatable bonds is 5. The molecule has 2 aromatic carbocycles. The van der Waals surface area contributed by atoms with E-state index in [1.165, 1.54) is 30.5 Å². The Morgan fingerprint density at radius 3 is 2.46 bits per heavy atom. The van der Waals surface area contributed by atoms with Crippen molar-refractivity contribution >= 4 is 12.4 Å². The van der Waals surface area contributed by atoms with Crippen LogP contribution in [0.3, 0.4) is 0 Å². The smallest absolute Gasteiger partial charge is 0.104 e. The van der Waals surface area contributed by atoms with E-state index in [0.717, 1.165) is 37.4 Å². The minimum absolute atomic E-state index is 0. The van der Waals surface area contributed by atoms with Crippen LogP contribution in [0.2, 0.25) is 0 Å². The summed E-state index contributed by atoms with van der Waals surface area (Å²) in [6.07, 6.45) is 4.49. The van der Waals surface area contributed by atoms with Gasteiger partial charge in [0, 0.05) is 19.6 Å². The minimum Gasteiger partial charge on any atom is -0.384 e. The molecule has 1 saturated carbocycles. The van der Waals surface area contributed by atoms with Crippen LogP contribution in [0.15, 0.2) is 54.6 Å². The Labute approximate surface area is 150 Å². The third kappa shape index (κ3) is 3.83. The van der Waals surface area contributed by atoms with E-state index in [4.69, 9.17) is 0 Å². The molecule has 0 aromatic heterocycles. The zero-order chi connectivity index (χ0) is 15.7. The van der Waals surface area contributed by atoms with Crippen LogP contribution >= 0.6 is 12.4 Å². The van der Waals surface area contributed by atoms with Crippen molar-refractivity contribution in [3.05, 3.63) is 71.3 Å². The highest BCUT2D eigenvalue weighted by Gasteiger charge is 2.40. The average Bonchev–Trinajstić information content (AvgIpc) is 3.30. The summed E-state index contributed by atoms with van der Waals surface area (Å²) in [6.45, 7) is 2.98. The van der Waals surface area contributed by atoms with Crippen LogP contribution < -0.4 is 0 Å². The van der Waals surface area contributed by atoms with Crippen LogP contribution in [-0.4, -0.2) is 29.6 Å². The lowest BCUT2D eigenvalue weighted by Gasteiger charge is -2.27. The molecule has 2 nitrogen and oxygen atoms in total. The normalized spacial score (nSPS) is 23.9. The first kappa shape index (κ1) is 17.5. The SMILES string of the molecule is Cl.OC1(c2ccccc2Cc2ccccc2)CCN(CC2CC2)C1.